The lowest BCUT2D eigenvalue weighted by atomic mass is 9.83. The van der Waals surface area contributed by atoms with E-state index in [2.05, 4.69) is 161 Å². The zero-order valence-electron chi connectivity index (χ0n) is 29.7. The van der Waals surface area contributed by atoms with Crippen molar-refractivity contribution < 1.29 is 4.42 Å². The molecule has 1 aliphatic rings. The van der Waals surface area contributed by atoms with Crippen LogP contribution in [-0.4, -0.2) is 19.1 Å². The summed E-state index contributed by atoms with van der Waals surface area (Å²) in [6.07, 6.45) is 3.73. The van der Waals surface area contributed by atoms with Gasteiger partial charge in [0.05, 0.1) is 27.8 Å². The lowest BCUT2D eigenvalue weighted by molar-refractivity contribution is 0.659. The van der Waals surface area contributed by atoms with Crippen LogP contribution in [0.15, 0.2) is 162 Å². The number of para-hydroxylation sites is 2. The van der Waals surface area contributed by atoms with Gasteiger partial charge in [-0.2, -0.15) is 0 Å². The van der Waals surface area contributed by atoms with E-state index in [1.807, 2.05) is 24.5 Å². The molecule has 254 valence electrons. The molecule has 0 fully saturated rings. The van der Waals surface area contributed by atoms with E-state index in [-0.39, 0.29) is 5.41 Å². The van der Waals surface area contributed by atoms with E-state index >= 15 is 0 Å². The fourth-order valence-corrected chi connectivity index (χ4v) is 9.27. The molecule has 0 saturated carbocycles. The van der Waals surface area contributed by atoms with E-state index in [0.717, 1.165) is 44.7 Å². The molecule has 0 atom stereocenters. The Morgan fingerprint density at radius 3 is 1.80 bits per heavy atom. The van der Waals surface area contributed by atoms with Gasteiger partial charge < -0.3 is 13.6 Å². The molecule has 5 aromatic heterocycles. The predicted molar refractivity (Wildman–Crippen MR) is 221 cm³/mol. The van der Waals surface area contributed by atoms with Crippen LogP contribution in [-0.2, 0) is 5.41 Å². The molecular weight excluding hydrogens is 661 g/mol. The molecule has 12 rings (SSSR count). The molecule has 11 aromatic rings. The van der Waals surface area contributed by atoms with E-state index in [0.29, 0.717) is 0 Å². The van der Waals surface area contributed by atoms with Gasteiger partial charge in [0.2, 0.25) is 0 Å². The summed E-state index contributed by atoms with van der Waals surface area (Å²) in [6.45, 7) is 4.60. The number of aromatic nitrogens is 4. The van der Waals surface area contributed by atoms with Crippen molar-refractivity contribution in [1.29, 1.82) is 0 Å². The van der Waals surface area contributed by atoms with Crippen LogP contribution in [0, 0.1) is 0 Å². The second kappa shape index (κ2) is 10.6. The maximum atomic E-state index is 6.11. The molecule has 5 nitrogen and oxygen atoms in total. The molecule has 0 saturated heterocycles. The lowest BCUT2D eigenvalue weighted by Gasteiger charge is -2.21. The average molecular weight is 693 g/mol. The number of fused-ring (bicyclic) bond motifs is 12. The summed E-state index contributed by atoms with van der Waals surface area (Å²) < 4.78 is 10.9. The van der Waals surface area contributed by atoms with Crippen molar-refractivity contribution in [2.75, 3.05) is 0 Å². The molecule has 0 bridgehead atoms. The van der Waals surface area contributed by atoms with E-state index < -0.39 is 0 Å². The third-order valence-electron chi connectivity index (χ3n) is 11.8. The predicted octanol–water partition coefficient (Wildman–Crippen LogP) is 12.5. The molecule has 0 unspecified atom stereocenters. The standard InChI is InChI=1S/C49H32N4O/c1-49(2)39-19-17-31(27-37(39)47-40(49)11-7-23-50-47)52-41-12-5-3-9-33(41)35-25-29(15-20-43(35)52)30-16-21-44-36(26-30)34-10-4-6-13-42(34)53(44)32-18-22-45-38(28-32)48-46(54-45)14-8-24-51-48/h3-28H,1-2H3. The van der Waals surface area contributed by atoms with Gasteiger partial charge in [0.15, 0.2) is 5.58 Å². The quantitative estimate of drug-likeness (QED) is 0.185. The molecule has 0 amide bonds. The van der Waals surface area contributed by atoms with Crippen LogP contribution in [0.3, 0.4) is 0 Å². The van der Waals surface area contributed by atoms with Gasteiger partial charge in [0, 0.05) is 61.7 Å². The van der Waals surface area contributed by atoms with Crippen LogP contribution in [0.4, 0.5) is 0 Å². The number of nitrogens with zero attached hydrogens (tertiary/aromatic N) is 4. The monoisotopic (exact) mass is 692 g/mol. The first kappa shape index (κ1) is 29.6. The Kier molecular flexibility index (Phi) is 5.78. The first-order valence-corrected chi connectivity index (χ1v) is 18.5. The molecule has 0 spiro atoms. The number of pyridine rings is 2. The molecule has 6 aromatic carbocycles. The first-order chi connectivity index (χ1) is 26.5. The van der Waals surface area contributed by atoms with Crippen molar-refractivity contribution in [1.82, 2.24) is 19.1 Å². The lowest BCUT2D eigenvalue weighted by Crippen LogP contribution is -2.15. The third kappa shape index (κ3) is 3.93. The number of furan rings is 1. The Bertz CT molecular complexity index is 3380. The smallest absolute Gasteiger partial charge is 0.153 e. The van der Waals surface area contributed by atoms with Gasteiger partial charge in [-0.25, -0.2) is 0 Å². The molecule has 5 heterocycles. The highest BCUT2D eigenvalue weighted by Crippen LogP contribution is 2.48. The van der Waals surface area contributed by atoms with Crippen LogP contribution >= 0.6 is 0 Å². The highest BCUT2D eigenvalue weighted by molar-refractivity contribution is 6.13. The van der Waals surface area contributed by atoms with Crippen LogP contribution in [0.2, 0.25) is 0 Å². The molecule has 1 aliphatic carbocycles. The molecule has 0 radical (unpaired) electrons. The van der Waals surface area contributed by atoms with Crippen LogP contribution in [0.25, 0.3) is 99.4 Å². The summed E-state index contributed by atoms with van der Waals surface area (Å²) in [7, 11) is 0. The molecule has 54 heavy (non-hydrogen) atoms. The van der Waals surface area contributed by atoms with Gasteiger partial charge in [0.25, 0.3) is 0 Å². The van der Waals surface area contributed by atoms with Gasteiger partial charge in [0.1, 0.15) is 11.1 Å². The highest BCUT2D eigenvalue weighted by atomic mass is 16.3. The Labute approximate surface area is 310 Å². The minimum Gasteiger partial charge on any atom is -0.454 e. The Hall–Kier alpha value is -6.98. The van der Waals surface area contributed by atoms with Crippen LogP contribution < -0.4 is 0 Å². The highest BCUT2D eigenvalue weighted by Gasteiger charge is 2.36. The van der Waals surface area contributed by atoms with Crippen molar-refractivity contribution in [2.24, 2.45) is 0 Å². The van der Waals surface area contributed by atoms with Crippen LogP contribution in [0.5, 0.6) is 0 Å². The van der Waals surface area contributed by atoms with E-state index in [1.165, 1.54) is 65.9 Å². The summed E-state index contributed by atoms with van der Waals surface area (Å²) in [5.41, 5.74) is 16.7. The summed E-state index contributed by atoms with van der Waals surface area (Å²) >= 11 is 0. The van der Waals surface area contributed by atoms with Crippen molar-refractivity contribution in [2.45, 2.75) is 19.3 Å². The summed E-state index contributed by atoms with van der Waals surface area (Å²) in [5, 5.41) is 5.93. The number of rotatable bonds is 3. The second-order valence-electron chi connectivity index (χ2n) is 15.1. The van der Waals surface area contributed by atoms with Gasteiger partial charge in [-0.05, 0) is 107 Å². The maximum Gasteiger partial charge on any atom is 0.153 e. The minimum absolute atomic E-state index is 0.0830. The first-order valence-electron chi connectivity index (χ1n) is 18.5. The van der Waals surface area contributed by atoms with Gasteiger partial charge in [-0.3, -0.25) is 9.97 Å². The van der Waals surface area contributed by atoms with Crippen molar-refractivity contribution >= 4 is 65.7 Å². The van der Waals surface area contributed by atoms with Crippen molar-refractivity contribution in [3.05, 3.63) is 169 Å². The molecule has 5 heteroatoms. The summed E-state index contributed by atoms with van der Waals surface area (Å²) in [4.78, 5) is 9.49. The molecule has 0 aliphatic heterocycles. The topological polar surface area (TPSA) is 48.8 Å². The molecule has 0 N–H and O–H groups in total. The van der Waals surface area contributed by atoms with Crippen LogP contribution in [0.1, 0.15) is 25.0 Å². The molecular formula is C49H32N4O. The van der Waals surface area contributed by atoms with Gasteiger partial charge in [-0.15, -0.1) is 0 Å². The Morgan fingerprint density at radius 1 is 0.463 bits per heavy atom. The number of hydrogen-bond donors (Lipinski definition) is 0. The Balaban J connectivity index is 1.02. The van der Waals surface area contributed by atoms with Crippen molar-refractivity contribution in [3.8, 4) is 33.8 Å². The fourth-order valence-electron chi connectivity index (χ4n) is 9.27. The van der Waals surface area contributed by atoms with E-state index in [9.17, 15) is 0 Å². The number of benzene rings is 6. The fraction of sp³-hybridized carbons (Fsp3) is 0.0612. The largest absolute Gasteiger partial charge is 0.454 e. The minimum atomic E-state index is -0.0830. The zero-order valence-corrected chi connectivity index (χ0v) is 29.7. The number of hydrogen-bond acceptors (Lipinski definition) is 3. The van der Waals surface area contributed by atoms with Gasteiger partial charge >= 0.3 is 0 Å². The Morgan fingerprint density at radius 2 is 1.07 bits per heavy atom. The summed E-state index contributed by atoms with van der Waals surface area (Å²) in [6, 6.07) is 52.8. The summed E-state index contributed by atoms with van der Waals surface area (Å²) in [5.74, 6) is 0. The van der Waals surface area contributed by atoms with Gasteiger partial charge in [-0.1, -0.05) is 74.5 Å². The van der Waals surface area contributed by atoms with E-state index in [4.69, 9.17) is 9.40 Å². The average Bonchev–Trinajstić information content (AvgIpc) is 3.92. The second-order valence-corrected chi connectivity index (χ2v) is 15.1. The maximum absolute atomic E-state index is 6.11. The van der Waals surface area contributed by atoms with E-state index in [1.54, 1.807) is 0 Å². The SMILES string of the molecule is CC1(C)c2ccc(-n3c4ccccc4c4cc(-c5ccc6c(c5)c5ccccc5n6-c5ccc6oc7cccnc7c6c5)ccc43)cc2-c2ncccc21. The zero-order chi connectivity index (χ0) is 35.7. The van der Waals surface area contributed by atoms with Crippen molar-refractivity contribution in [3.63, 3.8) is 0 Å². The normalized spacial score (nSPS) is 13.5. The third-order valence-corrected chi connectivity index (χ3v) is 11.8.